The first-order valence-electron chi connectivity index (χ1n) is 5.75. The number of benzene rings is 1. The molecule has 0 spiro atoms. The lowest BCUT2D eigenvalue weighted by Crippen LogP contribution is -2.49. The highest BCUT2D eigenvalue weighted by molar-refractivity contribution is 9.10. The van der Waals surface area contributed by atoms with E-state index in [1.807, 2.05) is 0 Å². The van der Waals surface area contributed by atoms with Crippen LogP contribution in [0, 0.1) is 18.3 Å². The van der Waals surface area contributed by atoms with Gasteiger partial charge in [-0.25, -0.2) is 0 Å². The lowest BCUT2D eigenvalue weighted by atomic mass is 9.90. The van der Waals surface area contributed by atoms with Gasteiger partial charge in [0.15, 0.2) is 0 Å². The largest absolute Gasteiger partial charge is 0.371 e. The molecule has 90 valence electrons. The van der Waals surface area contributed by atoms with Crippen LogP contribution in [-0.4, -0.2) is 18.6 Å². The molecule has 0 bridgehead atoms. The third-order valence-electron chi connectivity index (χ3n) is 3.38. The average Bonchev–Trinajstić information content (AvgIpc) is 2.31. The molecular formula is C13H16BrN3. The topological polar surface area (TPSA) is 53.0 Å². The zero-order valence-corrected chi connectivity index (χ0v) is 11.5. The third kappa shape index (κ3) is 2.62. The monoisotopic (exact) mass is 293 g/mol. The zero-order chi connectivity index (χ0) is 12.5. The Morgan fingerprint density at radius 3 is 2.59 bits per heavy atom. The first-order chi connectivity index (χ1) is 8.04. The standard InChI is InChI=1S/C13H16BrN3/c1-10-8-11(14)2-3-12(10)17-6-4-13(16,9-15)5-7-17/h2-3,8H,4-7,16H2,1H3. The van der Waals surface area contributed by atoms with Crippen LogP contribution in [0.5, 0.6) is 0 Å². The fraction of sp³-hybridized carbons (Fsp3) is 0.462. The average molecular weight is 294 g/mol. The smallest absolute Gasteiger partial charge is 0.107 e. The van der Waals surface area contributed by atoms with Gasteiger partial charge in [-0.05, 0) is 43.5 Å². The van der Waals surface area contributed by atoms with E-state index >= 15 is 0 Å². The van der Waals surface area contributed by atoms with Crippen molar-refractivity contribution in [2.75, 3.05) is 18.0 Å². The molecule has 0 atom stereocenters. The van der Waals surface area contributed by atoms with Crippen molar-refractivity contribution < 1.29 is 0 Å². The van der Waals surface area contributed by atoms with Crippen LogP contribution in [0.2, 0.25) is 0 Å². The molecule has 2 rings (SSSR count). The van der Waals surface area contributed by atoms with Gasteiger partial charge in [0.25, 0.3) is 0 Å². The number of aryl methyl sites for hydroxylation is 1. The molecule has 0 aliphatic carbocycles. The quantitative estimate of drug-likeness (QED) is 0.866. The van der Waals surface area contributed by atoms with Crippen molar-refractivity contribution in [1.82, 2.24) is 0 Å². The van der Waals surface area contributed by atoms with Crippen molar-refractivity contribution in [2.45, 2.75) is 25.3 Å². The molecule has 4 heteroatoms. The van der Waals surface area contributed by atoms with Crippen molar-refractivity contribution >= 4 is 21.6 Å². The molecule has 0 unspecified atom stereocenters. The molecule has 1 aliphatic rings. The van der Waals surface area contributed by atoms with E-state index in [9.17, 15) is 0 Å². The molecule has 1 fully saturated rings. The van der Waals surface area contributed by atoms with E-state index in [-0.39, 0.29) is 0 Å². The lowest BCUT2D eigenvalue weighted by Gasteiger charge is -2.36. The number of hydrogen-bond donors (Lipinski definition) is 1. The van der Waals surface area contributed by atoms with Gasteiger partial charge in [0.05, 0.1) is 6.07 Å². The molecule has 1 heterocycles. The van der Waals surface area contributed by atoms with Gasteiger partial charge in [-0.3, -0.25) is 0 Å². The maximum absolute atomic E-state index is 9.00. The summed E-state index contributed by atoms with van der Waals surface area (Å²) in [4.78, 5) is 2.31. The van der Waals surface area contributed by atoms with Gasteiger partial charge in [0, 0.05) is 23.2 Å². The first-order valence-corrected chi connectivity index (χ1v) is 6.55. The molecule has 17 heavy (non-hydrogen) atoms. The number of rotatable bonds is 1. The van der Waals surface area contributed by atoms with Gasteiger partial charge in [0.2, 0.25) is 0 Å². The molecule has 1 aliphatic heterocycles. The summed E-state index contributed by atoms with van der Waals surface area (Å²) in [6, 6.07) is 8.51. The summed E-state index contributed by atoms with van der Waals surface area (Å²) in [6.07, 6.45) is 1.47. The maximum Gasteiger partial charge on any atom is 0.107 e. The zero-order valence-electron chi connectivity index (χ0n) is 9.91. The molecule has 0 amide bonds. The highest BCUT2D eigenvalue weighted by Crippen LogP contribution is 2.28. The fourth-order valence-corrected chi connectivity index (χ4v) is 2.71. The van der Waals surface area contributed by atoms with Crippen LogP contribution in [0.15, 0.2) is 22.7 Å². The van der Waals surface area contributed by atoms with Gasteiger partial charge >= 0.3 is 0 Å². The Kier molecular flexibility index (Phi) is 3.41. The van der Waals surface area contributed by atoms with Crippen molar-refractivity contribution in [3.63, 3.8) is 0 Å². The number of halogens is 1. The van der Waals surface area contributed by atoms with E-state index in [4.69, 9.17) is 11.0 Å². The molecule has 2 N–H and O–H groups in total. The molecular weight excluding hydrogens is 278 g/mol. The number of nitrogens with zero attached hydrogens (tertiary/aromatic N) is 2. The second-order valence-electron chi connectivity index (χ2n) is 4.69. The van der Waals surface area contributed by atoms with E-state index in [1.165, 1.54) is 11.3 Å². The predicted octanol–water partition coefficient (Wildman–Crippen LogP) is 2.58. The summed E-state index contributed by atoms with van der Waals surface area (Å²) in [6.45, 7) is 3.81. The molecule has 0 saturated carbocycles. The lowest BCUT2D eigenvalue weighted by molar-refractivity contribution is 0.415. The summed E-state index contributed by atoms with van der Waals surface area (Å²) in [7, 11) is 0. The van der Waals surface area contributed by atoms with Crippen molar-refractivity contribution in [1.29, 1.82) is 5.26 Å². The third-order valence-corrected chi connectivity index (χ3v) is 3.87. The van der Waals surface area contributed by atoms with Crippen LogP contribution in [-0.2, 0) is 0 Å². The van der Waals surface area contributed by atoms with Crippen LogP contribution in [0.4, 0.5) is 5.69 Å². The highest BCUT2D eigenvalue weighted by atomic mass is 79.9. The van der Waals surface area contributed by atoms with Crippen LogP contribution < -0.4 is 10.6 Å². The van der Waals surface area contributed by atoms with E-state index < -0.39 is 5.54 Å². The van der Waals surface area contributed by atoms with Gasteiger partial charge in [-0.2, -0.15) is 5.26 Å². The summed E-state index contributed by atoms with van der Waals surface area (Å²) < 4.78 is 1.10. The van der Waals surface area contributed by atoms with E-state index in [0.29, 0.717) is 0 Å². The minimum Gasteiger partial charge on any atom is -0.371 e. The van der Waals surface area contributed by atoms with Crippen LogP contribution in [0.1, 0.15) is 18.4 Å². The van der Waals surface area contributed by atoms with Crippen LogP contribution in [0.3, 0.4) is 0 Å². The normalized spacial score (nSPS) is 18.8. The van der Waals surface area contributed by atoms with E-state index in [0.717, 1.165) is 30.4 Å². The molecule has 0 radical (unpaired) electrons. The molecule has 3 nitrogen and oxygen atoms in total. The SMILES string of the molecule is Cc1cc(Br)ccc1N1CCC(N)(C#N)CC1. The van der Waals surface area contributed by atoms with Gasteiger partial charge in [0.1, 0.15) is 5.54 Å². The fourth-order valence-electron chi connectivity index (χ4n) is 2.23. The Hall–Kier alpha value is -1.05. The molecule has 1 saturated heterocycles. The second-order valence-corrected chi connectivity index (χ2v) is 5.60. The van der Waals surface area contributed by atoms with Gasteiger partial charge < -0.3 is 10.6 Å². The summed E-state index contributed by atoms with van der Waals surface area (Å²) in [5.41, 5.74) is 7.83. The minimum atomic E-state index is -0.625. The highest BCUT2D eigenvalue weighted by Gasteiger charge is 2.30. The number of anilines is 1. The molecule has 1 aromatic rings. The number of nitriles is 1. The number of piperidine rings is 1. The minimum absolute atomic E-state index is 0.625. The molecule has 1 aromatic carbocycles. The predicted molar refractivity (Wildman–Crippen MR) is 72.9 cm³/mol. The Morgan fingerprint density at radius 1 is 1.41 bits per heavy atom. The Morgan fingerprint density at radius 2 is 2.06 bits per heavy atom. The summed E-state index contributed by atoms with van der Waals surface area (Å²) >= 11 is 3.47. The Balaban J connectivity index is 2.14. The van der Waals surface area contributed by atoms with E-state index in [2.05, 4.69) is 52.0 Å². The Labute approximate surface area is 110 Å². The first kappa shape index (κ1) is 12.4. The number of nitrogens with two attached hydrogens (primary N) is 1. The second kappa shape index (κ2) is 4.67. The van der Waals surface area contributed by atoms with Crippen LogP contribution >= 0.6 is 15.9 Å². The number of hydrogen-bond acceptors (Lipinski definition) is 3. The van der Waals surface area contributed by atoms with Crippen molar-refractivity contribution in [3.05, 3.63) is 28.2 Å². The van der Waals surface area contributed by atoms with E-state index in [1.54, 1.807) is 0 Å². The van der Waals surface area contributed by atoms with Crippen molar-refractivity contribution in [3.8, 4) is 6.07 Å². The van der Waals surface area contributed by atoms with Crippen molar-refractivity contribution in [2.24, 2.45) is 5.73 Å². The van der Waals surface area contributed by atoms with Crippen LogP contribution in [0.25, 0.3) is 0 Å². The summed E-state index contributed by atoms with van der Waals surface area (Å²) in [5.74, 6) is 0. The maximum atomic E-state index is 9.00. The van der Waals surface area contributed by atoms with Gasteiger partial charge in [-0.15, -0.1) is 0 Å². The van der Waals surface area contributed by atoms with Gasteiger partial charge in [-0.1, -0.05) is 15.9 Å². The Bertz CT molecular complexity index is 456. The molecule has 0 aromatic heterocycles. The summed E-state index contributed by atoms with van der Waals surface area (Å²) in [5, 5.41) is 9.00.